The molecule has 0 radical (unpaired) electrons. The van der Waals surface area contributed by atoms with Gasteiger partial charge in [0.2, 0.25) is 11.8 Å². The van der Waals surface area contributed by atoms with Gasteiger partial charge in [0.15, 0.2) is 0 Å². The van der Waals surface area contributed by atoms with E-state index in [-0.39, 0.29) is 41.2 Å². The van der Waals surface area contributed by atoms with Crippen molar-refractivity contribution in [2.45, 2.75) is 38.8 Å². The largest absolute Gasteiger partial charge is 0.392 e. The molecule has 82 valence electrons. The Balaban J connectivity index is 1.85. The lowest BCUT2D eigenvalue weighted by Crippen LogP contribution is -2.63. The SMILES string of the molecule is CC1(C)C(O)CC1N1C(=O)C2CC2C1=O. The standard InChI is InChI=1S/C11H15NO3/c1-11(2)7(4-8(11)13)12-9(14)5-3-6(5)10(12)15/h5-8,13H,3-4H2,1-2H3. The Kier molecular flexibility index (Phi) is 1.51. The van der Waals surface area contributed by atoms with E-state index in [1.807, 2.05) is 13.8 Å². The molecule has 1 N–H and O–H groups in total. The molecule has 3 aliphatic rings. The van der Waals surface area contributed by atoms with E-state index in [1.165, 1.54) is 4.90 Å². The predicted octanol–water partition coefficient (Wildman–Crippen LogP) is 0.151. The summed E-state index contributed by atoms with van der Waals surface area (Å²) < 4.78 is 0. The molecule has 1 aliphatic heterocycles. The zero-order valence-corrected chi connectivity index (χ0v) is 8.93. The van der Waals surface area contributed by atoms with Crippen LogP contribution in [0.25, 0.3) is 0 Å². The average Bonchev–Trinajstić information content (AvgIpc) is 2.91. The molecule has 4 heteroatoms. The third kappa shape index (κ3) is 0.956. The van der Waals surface area contributed by atoms with E-state index in [0.29, 0.717) is 6.42 Å². The molecule has 15 heavy (non-hydrogen) atoms. The first-order valence-corrected chi connectivity index (χ1v) is 5.49. The van der Waals surface area contributed by atoms with Gasteiger partial charge in [-0.2, -0.15) is 0 Å². The monoisotopic (exact) mass is 209 g/mol. The van der Waals surface area contributed by atoms with Crippen molar-refractivity contribution in [2.75, 3.05) is 0 Å². The molecule has 1 saturated heterocycles. The number of piperidine rings is 1. The minimum atomic E-state index is -0.389. The number of rotatable bonds is 1. The number of carbonyl (C=O) groups is 2. The highest BCUT2D eigenvalue weighted by Gasteiger charge is 2.64. The molecular weight excluding hydrogens is 194 g/mol. The van der Waals surface area contributed by atoms with E-state index < -0.39 is 0 Å². The van der Waals surface area contributed by atoms with Crippen molar-refractivity contribution in [1.82, 2.24) is 4.90 Å². The number of imide groups is 1. The summed E-state index contributed by atoms with van der Waals surface area (Å²) in [6.45, 7) is 3.83. The maximum Gasteiger partial charge on any atom is 0.233 e. The Hall–Kier alpha value is -0.900. The molecule has 4 unspecified atom stereocenters. The van der Waals surface area contributed by atoms with Crippen LogP contribution in [0.4, 0.5) is 0 Å². The van der Waals surface area contributed by atoms with E-state index in [1.54, 1.807) is 0 Å². The van der Waals surface area contributed by atoms with Crippen molar-refractivity contribution in [3.05, 3.63) is 0 Å². The fraction of sp³-hybridized carbons (Fsp3) is 0.818. The summed E-state index contributed by atoms with van der Waals surface area (Å²) in [4.78, 5) is 25.0. The van der Waals surface area contributed by atoms with Gasteiger partial charge in [-0.15, -0.1) is 0 Å². The number of nitrogens with zero attached hydrogens (tertiary/aromatic N) is 1. The molecule has 1 heterocycles. The smallest absolute Gasteiger partial charge is 0.233 e. The Morgan fingerprint density at radius 1 is 1.20 bits per heavy atom. The summed E-state index contributed by atoms with van der Waals surface area (Å²) in [5.74, 6) is -0.0537. The zero-order valence-electron chi connectivity index (χ0n) is 8.93. The number of fused-ring (bicyclic) bond motifs is 1. The number of hydrogen-bond donors (Lipinski definition) is 1. The minimum Gasteiger partial charge on any atom is -0.392 e. The van der Waals surface area contributed by atoms with Gasteiger partial charge in [0.05, 0.1) is 17.9 Å². The van der Waals surface area contributed by atoms with E-state index >= 15 is 0 Å². The molecular formula is C11H15NO3. The first kappa shape index (κ1) is 9.33. The minimum absolute atomic E-state index is 0.00465. The van der Waals surface area contributed by atoms with Crippen LogP contribution in [-0.4, -0.2) is 34.0 Å². The number of aliphatic hydroxyl groups excluding tert-OH is 1. The molecule has 4 nitrogen and oxygen atoms in total. The third-order valence-electron chi connectivity index (χ3n) is 4.38. The summed E-state index contributed by atoms with van der Waals surface area (Å²) >= 11 is 0. The van der Waals surface area contributed by atoms with Gasteiger partial charge in [-0.3, -0.25) is 14.5 Å². The topological polar surface area (TPSA) is 57.6 Å². The van der Waals surface area contributed by atoms with Gasteiger partial charge in [0.25, 0.3) is 0 Å². The second kappa shape index (κ2) is 2.43. The van der Waals surface area contributed by atoms with Gasteiger partial charge in [0, 0.05) is 11.5 Å². The molecule has 0 aromatic rings. The lowest BCUT2D eigenvalue weighted by Gasteiger charge is -2.52. The molecule has 0 spiro atoms. The van der Waals surface area contributed by atoms with Crippen LogP contribution in [-0.2, 0) is 9.59 Å². The zero-order chi connectivity index (χ0) is 11.0. The number of aliphatic hydroxyl groups is 1. The van der Waals surface area contributed by atoms with Gasteiger partial charge in [0.1, 0.15) is 0 Å². The lowest BCUT2D eigenvalue weighted by molar-refractivity contribution is -0.164. The van der Waals surface area contributed by atoms with Gasteiger partial charge < -0.3 is 5.11 Å². The molecule has 3 rings (SSSR count). The van der Waals surface area contributed by atoms with Crippen molar-refractivity contribution in [3.8, 4) is 0 Å². The Bertz CT molecular complexity index is 343. The fourth-order valence-electron chi connectivity index (χ4n) is 2.83. The Morgan fingerprint density at radius 2 is 1.73 bits per heavy atom. The van der Waals surface area contributed by atoms with Crippen LogP contribution in [0.1, 0.15) is 26.7 Å². The summed E-state index contributed by atoms with van der Waals surface area (Å²) in [6.07, 6.45) is 0.911. The molecule has 2 aliphatic carbocycles. The highest BCUT2D eigenvalue weighted by atomic mass is 16.3. The first-order chi connectivity index (χ1) is 6.94. The van der Waals surface area contributed by atoms with Crippen LogP contribution in [0.5, 0.6) is 0 Å². The number of hydrogen-bond acceptors (Lipinski definition) is 3. The van der Waals surface area contributed by atoms with Crippen molar-refractivity contribution in [1.29, 1.82) is 0 Å². The maximum atomic E-state index is 11.8. The number of likely N-dealkylation sites (tertiary alicyclic amines) is 1. The van der Waals surface area contributed by atoms with Crippen LogP contribution >= 0.6 is 0 Å². The van der Waals surface area contributed by atoms with Crippen LogP contribution in [0.15, 0.2) is 0 Å². The highest BCUT2D eigenvalue weighted by Crippen LogP contribution is 2.53. The summed E-state index contributed by atoms with van der Waals surface area (Å²) in [7, 11) is 0. The Labute approximate surface area is 88.2 Å². The summed E-state index contributed by atoms with van der Waals surface area (Å²) in [5.41, 5.74) is -0.331. The molecule has 0 aromatic heterocycles. The van der Waals surface area contributed by atoms with Crippen LogP contribution in [0.3, 0.4) is 0 Å². The quantitative estimate of drug-likeness (QED) is 0.625. The molecule has 4 atom stereocenters. The van der Waals surface area contributed by atoms with Gasteiger partial charge >= 0.3 is 0 Å². The molecule has 0 bridgehead atoms. The van der Waals surface area contributed by atoms with Crippen molar-refractivity contribution < 1.29 is 14.7 Å². The van der Waals surface area contributed by atoms with E-state index in [2.05, 4.69) is 0 Å². The van der Waals surface area contributed by atoms with Crippen molar-refractivity contribution in [3.63, 3.8) is 0 Å². The molecule has 0 aromatic carbocycles. The predicted molar refractivity (Wildman–Crippen MR) is 51.6 cm³/mol. The van der Waals surface area contributed by atoms with Gasteiger partial charge in [-0.05, 0) is 12.8 Å². The highest BCUT2D eigenvalue weighted by molar-refractivity contribution is 6.09. The van der Waals surface area contributed by atoms with Crippen molar-refractivity contribution in [2.24, 2.45) is 17.3 Å². The number of carbonyl (C=O) groups excluding carboxylic acids is 2. The normalized spacial score (nSPS) is 46.5. The van der Waals surface area contributed by atoms with Crippen LogP contribution in [0, 0.1) is 17.3 Å². The fourth-order valence-corrected chi connectivity index (χ4v) is 2.83. The molecule has 2 amide bonds. The Morgan fingerprint density at radius 3 is 2.13 bits per heavy atom. The van der Waals surface area contributed by atoms with Gasteiger partial charge in [-0.25, -0.2) is 0 Å². The second-order valence-corrected chi connectivity index (χ2v) is 5.58. The first-order valence-electron chi connectivity index (χ1n) is 5.49. The lowest BCUT2D eigenvalue weighted by atomic mass is 9.64. The summed E-state index contributed by atoms with van der Waals surface area (Å²) in [6, 6.07) is -0.0831. The van der Waals surface area contributed by atoms with E-state index in [0.717, 1.165) is 6.42 Å². The average molecular weight is 209 g/mol. The molecule has 2 saturated carbocycles. The van der Waals surface area contributed by atoms with Gasteiger partial charge in [-0.1, -0.05) is 13.8 Å². The van der Waals surface area contributed by atoms with E-state index in [9.17, 15) is 14.7 Å². The van der Waals surface area contributed by atoms with Crippen molar-refractivity contribution >= 4 is 11.8 Å². The molecule has 3 fully saturated rings. The van der Waals surface area contributed by atoms with Crippen LogP contribution < -0.4 is 0 Å². The number of amides is 2. The van der Waals surface area contributed by atoms with E-state index in [4.69, 9.17) is 0 Å². The second-order valence-electron chi connectivity index (χ2n) is 5.58. The maximum absolute atomic E-state index is 11.8. The third-order valence-corrected chi connectivity index (χ3v) is 4.38. The van der Waals surface area contributed by atoms with Crippen LogP contribution in [0.2, 0.25) is 0 Å². The summed E-state index contributed by atoms with van der Waals surface area (Å²) in [5, 5.41) is 9.61.